The second-order valence-electron chi connectivity index (χ2n) is 24.2. The van der Waals surface area contributed by atoms with E-state index in [9.17, 15) is 47.0 Å². The summed E-state index contributed by atoms with van der Waals surface area (Å²) in [5, 5.41) is 19.0. The molecule has 9 rings (SSSR count). The van der Waals surface area contributed by atoms with E-state index < -0.39 is 75.9 Å². The van der Waals surface area contributed by atoms with Gasteiger partial charge in [0.1, 0.15) is 17.9 Å². The number of aromatic amines is 1. The van der Waals surface area contributed by atoms with Crippen molar-refractivity contribution >= 4 is 63.8 Å². The SMILES string of the molecule is Cc1ncsc1-c1ccc(CNC(=O)[C@@H]2C[C@@H](O)CN2C(=O)[C@@H](NC(=O)CCOCCC(=O)N2CCN(Cc3cnc(N4CC=C(c5cc(NC(=O)c6c[nH]c(=O)cc6C(F)(F)F)c(N6C[C@@H](C)N(C)[C@@H](C)C6)cc5F)CC4)nc3)CC2)C(C)(C)C)cc1. The summed E-state index contributed by atoms with van der Waals surface area (Å²) in [6, 6.07) is 9.09. The molecule has 26 heteroatoms. The number of β-amino-alcohol motifs (C(OH)–C–C–N with tert-alkyl or cyclic N) is 1. The molecule has 3 saturated heterocycles. The Morgan fingerprint density at radius 3 is 2.22 bits per heavy atom. The van der Waals surface area contributed by atoms with Gasteiger partial charge < -0.3 is 50.4 Å². The lowest BCUT2D eigenvalue weighted by molar-refractivity contribution is -0.144. The number of thiazole rings is 1. The Labute approximate surface area is 512 Å². The number of carbonyl (C=O) groups excluding carboxylic acids is 5. The van der Waals surface area contributed by atoms with Crippen molar-refractivity contribution in [3.05, 3.63) is 122 Å². The van der Waals surface area contributed by atoms with E-state index in [0.29, 0.717) is 88.6 Å². The predicted molar refractivity (Wildman–Crippen MR) is 326 cm³/mol. The van der Waals surface area contributed by atoms with Crippen molar-refractivity contribution in [2.45, 2.75) is 117 Å². The number of likely N-dealkylation sites (N-methyl/N-ethyl adjacent to an activating group) is 1. The number of nitrogens with one attached hydrogen (secondary N) is 4. The highest BCUT2D eigenvalue weighted by Crippen LogP contribution is 2.38. The maximum absolute atomic E-state index is 16.3. The average Bonchev–Trinajstić information content (AvgIpc) is 2.05. The third-order valence-electron chi connectivity index (χ3n) is 16.8. The lowest BCUT2D eigenvalue weighted by atomic mass is 9.85. The number of alkyl halides is 3. The lowest BCUT2D eigenvalue weighted by Gasteiger charge is -2.44. The van der Waals surface area contributed by atoms with Crippen molar-refractivity contribution < 1.29 is 51.4 Å². The monoisotopic (exact) mass is 1240 g/mol. The Bertz CT molecular complexity index is 3410. The highest BCUT2D eigenvalue weighted by atomic mass is 32.1. The Balaban J connectivity index is 0.707. The normalized spacial score (nSPS) is 20.0. The lowest BCUT2D eigenvalue weighted by Crippen LogP contribution is -2.57. The van der Waals surface area contributed by atoms with Crippen LogP contribution in [-0.2, 0) is 43.2 Å². The van der Waals surface area contributed by atoms with Crippen molar-refractivity contribution in [1.29, 1.82) is 0 Å². The number of aliphatic hydroxyl groups excluding tert-OH is 1. The molecule has 2 aromatic carbocycles. The summed E-state index contributed by atoms with van der Waals surface area (Å²) in [5.74, 6) is -2.57. The fourth-order valence-electron chi connectivity index (χ4n) is 11.6. The largest absolute Gasteiger partial charge is 0.417 e. The quantitative estimate of drug-likeness (QED) is 0.0465. The number of halogens is 4. The number of nitrogens with zero attached hydrogens (tertiary/aromatic N) is 9. The zero-order valence-corrected chi connectivity index (χ0v) is 51.4. The number of aryl methyl sites for hydroxylation is 1. The highest BCUT2D eigenvalue weighted by molar-refractivity contribution is 7.13. The highest BCUT2D eigenvalue weighted by Gasteiger charge is 2.45. The van der Waals surface area contributed by atoms with Crippen LogP contribution in [0.3, 0.4) is 0 Å². The van der Waals surface area contributed by atoms with E-state index in [-0.39, 0.29) is 74.8 Å². The zero-order chi connectivity index (χ0) is 63.2. The van der Waals surface area contributed by atoms with Gasteiger partial charge in [-0.05, 0) is 68.5 Å². The molecule has 0 unspecified atom stereocenters. The van der Waals surface area contributed by atoms with Crippen LogP contribution in [0.15, 0.2) is 77.4 Å². The van der Waals surface area contributed by atoms with Crippen molar-refractivity contribution in [3.8, 4) is 10.4 Å². The number of ether oxygens (including phenoxy) is 1. The van der Waals surface area contributed by atoms with Gasteiger partial charge in [0.2, 0.25) is 35.1 Å². The van der Waals surface area contributed by atoms with E-state index in [1.807, 2.05) is 88.7 Å². The molecule has 0 bridgehead atoms. The molecule has 0 aliphatic carbocycles. The van der Waals surface area contributed by atoms with Crippen molar-refractivity contribution in [3.63, 3.8) is 0 Å². The summed E-state index contributed by atoms with van der Waals surface area (Å²) in [6.07, 6.45) is 0.672. The summed E-state index contributed by atoms with van der Waals surface area (Å²) >= 11 is 1.56. The molecule has 21 nitrogen and oxygen atoms in total. The predicted octanol–water partition coefficient (Wildman–Crippen LogP) is 6.08. The average molecular weight is 1240 g/mol. The molecule has 5 aromatic rings. The first-order valence-electron chi connectivity index (χ1n) is 29.6. The van der Waals surface area contributed by atoms with E-state index in [4.69, 9.17) is 4.74 Å². The van der Waals surface area contributed by atoms with Gasteiger partial charge in [0.15, 0.2) is 0 Å². The van der Waals surface area contributed by atoms with Crippen molar-refractivity contribution in [1.82, 2.24) is 50.2 Å². The molecule has 0 saturated carbocycles. The van der Waals surface area contributed by atoms with E-state index in [1.54, 1.807) is 34.1 Å². The van der Waals surface area contributed by atoms with Crippen LogP contribution in [0.4, 0.5) is 34.9 Å². The first-order chi connectivity index (χ1) is 41.8. The van der Waals surface area contributed by atoms with E-state index in [2.05, 4.69) is 45.7 Å². The Hall–Kier alpha value is -7.65. The molecule has 5 N–H and O–H groups in total. The van der Waals surface area contributed by atoms with Gasteiger partial charge >= 0.3 is 6.18 Å². The van der Waals surface area contributed by atoms with Crippen LogP contribution in [-0.4, -0.2) is 184 Å². The Morgan fingerprint density at radius 2 is 1.58 bits per heavy atom. The fraction of sp³-hybridized carbons (Fsp3) is 0.500. The first kappa shape index (κ1) is 64.8. The number of carbonyl (C=O) groups is 5. The number of rotatable bonds is 19. The number of benzene rings is 2. The van der Waals surface area contributed by atoms with Gasteiger partial charge in [-0.15, -0.1) is 11.3 Å². The summed E-state index contributed by atoms with van der Waals surface area (Å²) in [6.45, 7) is 16.2. The molecular formula is C62H77F4N13O8S. The van der Waals surface area contributed by atoms with Crippen molar-refractivity contribution in [2.24, 2.45) is 5.41 Å². The standard InChI is InChI=1S/C62H77F4N13O8S/c1-37-32-78(33-38(2)74(37)7)50-27-48(63)45(25-49(50)72-57(84)46-31-67-53(82)26-47(46)62(64,65)66)42-12-16-77(17-13-42)60-69-29-41(30-70-60)34-75-18-20-76(21-19-75)54(83)15-23-87-22-14-52(81)73-56(61(4,5)6)59(86)79-35-44(80)24-51(79)58(85)68-28-40-8-10-43(11-9-40)55-39(3)71-36-88-55/h8-12,25-27,29-31,36-38,44,51,56,80H,13-24,28,32-35H2,1-7H3,(H,67,82)(H,68,85)(H,72,84)(H,73,81)/t37-,38+,44-,51+,56-/m1/s1. The van der Waals surface area contributed by atoms with E-state index in [0.717, 1.165) is 33.5 Å². The van der Waals surface area contributed by atoms with Crippen LogP contribution < -0.4 is 31.3 Å². The molecule has 472 valence electrons. The number of piperazine rings is 2. The number of likely N-dealkylation sites (tertiary alicyclic amines) is 1. The zero-order valence-electron chi connectivity index (χ0n) is 50.6. The Morgan fingerprint density at radius 1 is 0.886 bits per heavy atom. The molecule has 3 fully saturated rings. The van der Waals surface area contributed by atoms with Crippen LogP contribution in [0.5, 0.6) is 0 Å². The van der Waals surface area contributed by atoms with Gasteiger partial charge in [-0.25, -0.2) is 19.3 Å². The van der Waals surface area contributed by atoms with Crippen LogP contribution >= 0.6 is 11.3 Å². The minimum absolute atomic E-state index is 0.0187. The second kappa shape index (κ2) is 27.8. The first-order valence-corrected chi connectivity index (χ1v) is 30.5. The number of aliphatic hydroxyl groups is 1. The number of amides is 5. The molecular weight excluding hydrogens is 1160 g/mol. The Kier molecular flexibility index (Phi) is 20.5. The summed E-state index contributed by atoms with van der Waals surface area (Å²) in [4.78, 5) is 108. The van der Waals surface area contributed by atoms with Crippen LogP contribution in [0, 0.1) is 18.2 Å². The van der Waals surface area contributed by atoms with Gasteiger partial charge in [-0.3, -0.25) is 38.6 Å². The summed E-state index contributed by atoms with van der Waals surface area (Å²) in [7, 11) is 1.98. The fourth-order valence-corrected chi connectivity index (χ4v) is 12.4. The van der Waals surface area contributed by atoms with Gasteiger partial charge in [-0.1, -0.05) is 51.1 Å². The van der Waals surface area contributed by atoms with Gasteiger partial charge in [0, 0.05) is 133 Å². The molecule has 7 heterocycles. The van der Waals surface area contributed by atoms with Crippen LogP contribution in [0.1, 0.15) is 98.6 Å². The van der Waals surface area contributed by atoms with Crippen LogP contribution in [0.2, 0.25) is 0 Å². The summed E-state index contributed by atoms with van der Waals surface area (Å²) < 4.78 is 64.1. The molecule has 0 radical (unpaired) electrons. The molecule has 0 spiro atoms. The smallest absolute Gasteiger partial charge is 0.391 e. The molecule has 3 aromatic heterocycles. The topological polar surface area (TPSA) is 242 Å². The van der Waals surface area contributed by atoms with Gasteiger partial charge in [0.05, 0.1) is 64.3 Å². The minimum atomic E-state index is -4.99. The second-order valence-corrected chi connectivity index (χ2v) is 25.1. The van der Waals surface area contributed by atoms with E-state index >= 15 is 4.39 Å². The van der Waals surface area contributed by atoms with Gasteiger partial charge in [-0.2, -0.15) is 13.2 Å². The third-order valence-corrected chi connectivity index (χ3v) is 17.8. The minimum Gasteiger partial charge on any atom is -0.391 e. The van der Waals surface area contributed by atoms with Gasteiger partial charge in [0.25, 0.3) is 5.91 Å². The number of hydrogen-bond donors (Lipinski definition) is 5. The number of anilines is 3. The molecule has 4 aliphatic rings. The number of hydrogen-bond acceptors (Lipinski definition) is 16. The molecule has 4 aliphatic heterocycles. The maximum Gasteiger partial charge on any atom is 0.417 e. The number of H-pyrrole nitrogens is 1. The molecule has 5 atom stereocenters. The molecule has 88 heavy (non-hydrogen) atoms. The van der Waals surface area contributed by atoms with Crippen LogP contribution in [0.25, 0.3) is 16.0 Å². The molecule has 5 amide bonds. The van der Waals surface area contributed by atoms with E-state index in [1.165, 1.54) is 17.0 Å². The summed E-state index contributed by atoms with van der Waals surface area (Å²) in [5.41, 5.74) is 2.87. The number of aromatic nitrogens is 4. The van der Waals surface area contributed by atoms with Crippen molar-refractivity contribution in [2.75, 3.05) is 94.3 Å². The third kappa shape index (κ3) is 15.8. The maximum atomic E-state index is 16.3. The number of pyridine rings is 1.